The molecule has 0 unspecified atom stereocenters. The molecule has 1 aliphatic carbocycles. The molecule has 11 heteroatoms. The van der Waals surface area contributed by atoms with Gasteiger partial charge >= 0.3 is 18.2 Å². The third kappa shape index (κ3) is 7.61. The van der Waals surface area contributed by atoms with Crippen molar-refractivity contribution in [3.8, 4) is 11.3 Å². The molecule has 0 radical (unpaired) electrons. The number of nitrogens with zero attached hydrogens (tertiary/aromatic N) is 2. The van der Waals surface area contributed by atoms with Crippen LogP contribution in [0.15, 0.2) is 24.5 Å². The number of hydrogen-bond acceptors (Lipinski definition) is 6. The Morgan fingerprint density at radius 2 is 1.63 bits per heavy atom. The van der Waals surface area contributed by atoms with E-state index in [1.807, 2.05) is 56.8 Å². The standard InChI is InChI=1S/C27H36N4O6.HI/c1-17(2)28-26(33)35-14-21-22(15-36-27(34)29-18(3)4)24(31-12-6-8-23(21)31)20-7-5-11-30(13-20)16-37-25(32)19-9-10-19;/h5,7,11,13,17-19H,6,8-10,12,14-16H2,1-4H3,(H-,28,29,33,34);1H. The van der Waals surface area contributed by atoms with Gasteiger partial charge in [-0.25, -0.2) is 9.59 Å². The van der Waals surface area contributed by atoms with E-state index in [0.29, 0.717) is 0 Å². The summed E-state index contributed by atoms with van der Waals surface area (Å²) in [4.78, 5) is 36.6. The van der Waals surface area contributed by atoms with Crippen molar-refractivity contribution in [1.82, 2.24) is 15.2 Å². The Hall–Kier alpha value is -2.83. The van der Waals surface area contributed by atoms with Gasteiger partial charge < -0.3 is 53.4 Å². The monoisotopic (exact) mass is 640 g/mol. The van der Waals surface area contributed by atoms with Gasteiger partial charge in [0.15, 0.2) is 12.4 Å². The minimum absolute atomic E-state index is 0. The summed E-state index contributed by atoms with van der Waals surface area (Å²) in [6.07, 6.45) is 6.37. The van der Waals surface area contributed by atoms with Gasteiger partial charge in [-0.2, -0.15) is 4.57 Å². The highest BCUT2D eigenvalue weighted by atomic mass is 127. The number of aromatic nitrogens is 2. The van der Waals surface area contributed by atoms with Crippen molar-refractivity contribution in [3.05, 3.63) is 41.3 Å². The Labute approximate surface area is 240 Å². The third-order valence-corrected chi connectivity index (χ3v) is 6.30. The second kappa shape index (κ2) is 13.3. The summed E-state index contributed by atoms with van der Waals surface area (Å²) in [5, 5.41) is 5.49. The summed E-state index contributed by atoms with van der Waals surface area (Å²) in [7, 11) is 0. The molecule has 0 spiro atoms. The molecule has 38 heavy (non-hydrogen) atoms. The van der Waals surface area contributed by atoms with E-state index in [0.717, 1.165) is 60.3 Å². The molecule has 2 aromatic rings. The molecule has 2 aliphatic rings. The minimum Gasteiger partial charge on any atom is -1.00 e. The number of pyridine rings is 1. The van der Waals surface area contributed by atoms with Gasteiger partial charge in [0.25, 0.3) is 6.73 Å². The lowest BCUT2D eigenvalue weighted by molar-refractivity contribution is -0.727. The van der Waals surface area contributed by atoms with Gasteiger partial charge in [-0.3, -0.25) is 4.79 Å². The first-order valence-corrected chi connectivity index (χ1v) is 13.0. The molecular weight excluding hydrogens is 603 g/mol. The van der Waals surface area contributed by atoms with E-state index in [9.17, 15) is 14.4 Å². The molecule has 0 bridgehead atoms. The quantitative estimate of drug-likeness (QED) is 0.170. The highest BCUT2D eigenvalue weighted by Gasteiger charge is 2.32. The third-order valence-electron chi connectivity index (χ3n) is 6.30. The van der Waals surface area contributed by atoms with Gasteiger partial charge in [0.1, 0.15) is 13.2 Å². The average Bonchev–Trinajstić information content (AvgIpc) is 3.51. The van der Waals surface area contributed by atoms with Crippen LogP contribution in [0.4, 0.5) is 9.59 Å². The summed E-state index contributed by atoms with van der Waals surface area (Å²) in [6, 6.07) is 3.78. The van der Waals surface area contributed by atoms with E-state index in [1.54, 1.807) is 0 Å². The van der Waals surface area contributed by atoms with Crippen molar-refractivity contribution in [1.29, 1.82) is 0 Å². The van der Waals surface area contributed by atoms with Crippen LogP contribution in [0, 0.1) is 5.92 Å². The van der Waals surface area contributed by atoms with Crippen LogP contribution in [0.3, 0.4) is 0 Å². The van der Waals surface area contributed by atoms with Crippen LogP contribution in [0.5, 0.6) is 0 Å². The van der Waals surface area contributed by atoms with Crippen molar-refractivity contribution in [2.24, 2.45) is 5.92 Å². The Kier molecular flexibility index (Phi) is 10.4. The van der Waals surface area contributed by atoms with E-state index in [4.69, 9.17) is 14.2 Å². The number of nitrogens with one attached hydrogen (secondary N) is 2. The second-order valence-electron chi connectivity index (χ2n) is 10.2. The number of hydrogen-bond donors (Lipinski definition) is 2. The zero-order valence-corrected chi connectivity index (χ0v) is 24.6. The molecule has 1 fully saturated rings. The number of amides is 2. The summed E-state index contributed by atoms with van der Waals surface area (Å²) < 4.78 is 20.7. The van der Waals surface area contributed by atoms with E-state index in [-0.39, 0.29) is 67.9 Å². The van der Waals surface area contributed by atoms with Gasteiger partial charge in [0, 0.05) is 41.5 Å². The number of carbonyl (C=O) groups excluding carboxylic acids is 3. The zero-order chi connectivity index (χ0) is 26.5. The van der Waals surface area contributed by atoms with Crippen LogP contribution in [-0.2, 0) is 51.9 Å². The largest absolute Gasteiger partial charge is 1.00 e. The van der Waals surface area contributed by atoms with E-state index in [2.05, 4.69) is 15.2 Å². The Morgan fingerprint density at radius 3 is 2.24 bits per heavy atom. The average molecular weight is 641 g/mol. The molecule has 10 nitrogen and oxygen atoms in total. The fraction of sp³-hybridized carbons (Fsp3) is 0.556. The molecule has 0 aromatic carbocycles. The number of fused-ring (bicyclic) bond motifs is 1. The van der Waals surface area contributed by atoms with Crippen LogP contribution < -0.4 is 39.2 Å². The SMILES string of the molecule is CC(C)NC(=O)OCc1c(COC(=O)NC(C)C)c(-c2ccc[n+](COC(=O)C3CC3)c2)n2c1CCC2.[I-]. The molecule has 2 N–H and O–H groups in total. The van der Waals surface area contributed by atoms with Crippen molar-refractivity contribution >= 4 is 18.2 Å². The van der Waals surface area contributed by atoms with Crippen LogP contribution in [-0.4, -0.2) is 34.8 Å². The number of halogens is 1. The molecule has 0 atom stereocenters. The topological polar surface area (TPSA) is 112 Å². The molecule has 4 rings (SSSR count). The molecule has 0 saturated heterocycles. The fourth-order valence-corrected chi connectivity index (χ4v) is 4.52. The minimum atomic E-state index is -0.508. The van der Waals surface area contributed by atoms with E-state index < -0.39 is 12.2 Å². The summed E-state index contributed by atoms with van der Waals surface area (Å²) >= 11 is 0. The van der Waals surface area contributed by atoms with Crippen LogP contribution in [0.2, 0.25) is 0 Å². The molecule has 3 heterocycles. The van der Waals surface area contributed by atoms with Crippen LogP contribution in [0.25, 0.3) is 11.3 Å². The maximum absolute atomic E-state index is 12.3. The van der Waals surface area contributed by atoms with Gasteiger partial charge in [-0.05, 0) is 59.4 Å². The summed E-state index contributed by atoms with van der Waals surface area (Å²) in [5.74, 6) is -0.125. The van der Waals surface area contributed by atoms with E-state index in [1.165, 1.54) is 0 Å². The molecule has 208 valence electrons. The molecule has 1 saturated carbocycles. The number of rotatable bonds is 10. The number of alkyl carbamates (subject to hydrolysis) is 2. The maximum atomic E-state index is 12.3. The smallest absolute Gasteiger partial charge is 0.407 e. The maximum Gasteiger partial charge on any atom is 0.407 e. The predicted molar refractivity (Wildman–Crippen MR) is 134 cm³/mol. The highest BCUT2D eigenvalue weighted by Crippen LogP contribution is 2.37. The van der Waals surface area contributed by atoms with Crippen LogP contribution >= 0.6 is 0 Å². The lowest BCUT2D eigenvalue weighted by atomic mass is 10.0. The highest BCUT2D eigenvalue weighted by molar-refractivity contribution is 5.74. The number of ether oxygens (including phenoxy) is 3. The lowest BCUT2D eigenvalue weighted by Gasteiger charge is -2.14. The van der Waals surface area contributed by atoms with Crippen molar-refractivity contribution in [3.63, 3.8) is 0 Å². The van der Waals surface area contributed by atoms with Crippen molar-refractivity contribution in [2.75, 3.05) is 0 Å². The Morgan fingerprint density at radius 1 is 1.00 bits per heavy atom. The Bertz CT molecular complexity index is 1160. The molecular formula is C27H37IN4O6. The number of carbonyl (C=O) groups is 3. The Balaban J connectivity index is 0.00000400. The van der Waals surface area contributed by atoms with Gasteiger partial charge in [0.05, 0.1) is 17.2 Å². The van der Waals surface area contributed by atoms with E-state index >= 15 is 0 Å². The first-order valence-electron chi connectivity index (χ1n) is 13.0. The fourth-order valence-electron chi connectivity index (χ4n) is 4.52. The normalized spacial score (nSPS) is 14.1. The molecule has 1 aliphatic heterocycles. The van der Waals surface area contributed by atoms with Gasteiger partial charge in [-0.1, -0.05) is 0 Å². The predicted octanol–water partition coefficient (Wildman–Crippen LogP) is 0.573. The molecule has 2 amide bonds. The first kappa shape index (κ1) is 29.7. The van der Waals surface area contributed by atoms with Crippen molar-refractivity contribution in [2.45, 2.75) is 92.0 Å². The van der Waals surface area contributed by atoms with Gasteiger partial charge in [0.2, 0.25) is 0 Å². The van der Waals surface area contributed by atoms with Crippen LogP contribution in [0.1, 0.15) is 63.8 Å². The zero-order valence-electron chi connectivity index (χ0n) is 22.4. The first-order chi connectivity index (χ1) is 17.7. The van der Waals surface area contributed by atoms with Crippen molar-refractivity contribution < 1.29 is 57.1 Å². The molecule has 2 aromatic heterocycles. The second-order valence-corrected chi connectivity index (χ2v) is 10.2. The lowest BCUT2D eigenvalue weighted by Crippen LogP contribution is -3.00. The summed E-state index contributed by atoms with van der Waals surface area (Å²) in [5.41, 5.74) is 4.55. The van der Waals surface area contributed by atoms with Gasteiger partial charge in [-0.15, -0.1) is 0 Å². The summed E-state index contributed by atoms with van der Waals surface area (Å²) in [6.45, 7) is 8.51. The number of esters is 1.